The van der Waals surface area contributed by atoms with Gasteiger partial charge in [-0.1, -0.05) is 55.3 Å². The summed E-state index contributed by atoms with van der Waals surface area (Å²) in [5.74, 6) is -6.23. The van der Waals surface area contributed by atoms with Gasteiger partial charge in [0.15, 0.2) is 6.73 Å². The number of benzodiazepines with no additional fused rings is 1. The number of primary amides is 1. The van der Waals surface area contributed by atoms with Crippen LogP contribution in [0.15, 0.2) is 53.5 Å². The van der Waals surface area contributed by atoms with E-state index in [4.69, 9.17) is 10.5 Å². The molecule has 0 aromatic heterocycles. The third-order valence-electron chi connectivity index (χ3n) is 8.86. The second kappa shape index (κ2) is 13.2. The highest BCUT2D eigenvalue weighted by Crippen LogP contribution is 2.46. The molecule has 0 saturated heterocycles. The molecule has 9 nitrogen and oxygen atoms in total. The monoisotopic (exact) mass is 644 g/mol. The first kappa shape index (κ1) is 33.1. The number of nitrogens with zero attached hydrogens (tertiary/aromatic N) is 2. The third-order valence-corrected chi connectivity index (χ3v) is 8.86. The van der Waals surface area contributed by atoms with Crippen LogP contribution in [0.2, 0.25) is 0 Å². The molecule has 46 heavy (non-hydrogen) atoms. The van der Waals surface area contributed by atoms with Crippen LogP contribution in [0.4, 0.5) is 23.2 Å². The van der Waals surface area contributed by atoms with E-state index in [1.54, 1.807) is 37.3 Å². The summed E-state index contributed by atoms with van der Waals surface area (Å²) in [6, 6.07) is 12.6. The number of nitrogens with one attached hydrogen (secondary N) is 1. The van der Waals surface area contributed by atoms with Crippen molar-refractivity contribution >= 4 is 35.1 Å². The van der Waals surface area contributed by atoms with Crippen molar-refractivity contribution in [3.63, 3.8) is 0 Å². The molecule has 2 aromatic rings. The fraction of sp³-hybridized carbons (Fsp3) is 0.485. The minimum atomic E-state index is -4.48. The minimum absolute atomic E-state index is 0.119. The summed E-state index contributed by atoms with van der Waals surface area (Å²) in [6.45, 7) is 1.04. The van der Waals surface area contributed by atoms with Crippen LogP contribution in [0.5, 0.6) is 0 Å². The summed E-state index contributed by atoms with van der Waals surface area (Å²) in [6.07, 6.45) is -5.05. The molecule has 3 unspecified atom stereocenters. The lowest BCUT2D eigenvalue weighted by atomic mass is 9.82. The predicted molar refractivity (Wildman–Crippen MR) is 160 cm³/mol. The van der Waals surface area contributed by atoms with Crippen LogP contribution in [-0.2, 0) is 23.9 Å². The average Bonchev–Trinajstić information content (AvgIpc) is 3.94. The fourth-order valence-electron chi connectivity index (χ4n) is 5.70. The van der Waals surface area contributed by atoms with Crippen LogP contribution in [0.1, 0.15) is 69.4 Å². The maximum atomic E-state index is 15.6. The number of rotatable bonds is 13. The summed E-state index contributed by atoms with van der Waals surface area (Å²) in [4.78, 5) is 58.7. The van der Waals surface area contributed by atoms with Crippen molar-refractivity contribution in [3.8, 4) is 0 Å². The van der Waals surface area contributed by atoms with Crippen molar-refractivity contribution in [2.45, 2.75) is 70.6 Å². The SMILES string of the molecule is CC1(C(=O)OCN2C(=O)C(NC(=O)C(CCCC(F)(F)F)C(CC3CC3)C(N)=O)N=C(c3ccccc3)c3cccc(F)c32)CC1. The number of hydrogen-bond donors (Lipinski definition) is 2. The minimum Gasteiger partial charge on any atom is -0.443 e. The molecule has 2 aromatic carbocycles. The Morgan fingerprint density at radius 1 is 1.09 bits per heavy atom. The molecule has 2 fully saturated rings. The number of halogens is 4. The molecule has 246 valence electrons. The molecule has 2 aliphatic carbocycles. The third kappa shape index (κ3) is 7.73. The number of hydrogen-bond acceptors (Lipinski definition) is 6. The van der Waals surface area contributed by atoms with Crippen LogP contribution in [-0.4, -0.2) is 48.5 Å². The van der Waals surface area contributed by atoms with E-state index in [1.807, 2.05) is 0 Å². The predicted octanol–water partition coefficient (Wildman–Crippen LogP) is 5.00. The van der Waals surface area contributed by atoms with Gasteiger partial charge >= 0.3 is 12.1 Å². The Balaban J connectivity index is 1.51. The van der Waals surface area contributed by atoms with Crippen molar-refractivity contribution in [1.29, 1.82) is 0 Å². The Hall–Kier alpha value is -4.29. The topological polar surface area (TPSA) is 131 Å². The Kier molecular flexibility index (Phi) is 9.50. The number of aliphatic imine (C=N–C) groups is 1. The number of para-hydroxylation sites is 1. The number of benzene rings is 2. The summed E-state index contributed by atoms with van der Waals surface area (Å²) >= 11 is 0. The Bertz CT molecular complexity index is 1520. The van der Waals surface area contributed by atoms with Crippen LogP contribution >= 0.6 is 0 Å². The number of ether oxygens (including phenoxy) is 1. The van der Waals surface area contributed by atoms with E-state index < -0.39 is 78.7 Å². The molecule has 0 radical (unpaired) electrons. The van der Waals surface area contributed by atoms with Gasteiger partial charge in [-0.2, -0.15) is 13.2 Å². The zero-order chi connectivity index (χ0) is 33.2. The molecule has 1 heterocycles. The van der Waals surface area contributed by atoms with Crippen LogP contribution in [0.3, 0.4) is 0 Å². The molecular formula is C33H36F4N4O5. The summed E-state index contributed by atoms with van der Waals surface area (Å²) in [5, 5.41) is 2.53. The highest BCUT2D eigenvalue weighted by Gasteiger charge is 2.47. The molecule has 1 aliphatic heterocycles. The average molecular weight is 645 g/mol. The lowest BCUT2D eigenvalue weighted by Crippen LogP contribution is -2.51. The van der Waals surface area contributed by atoms with Gasteiger partial charge in [-0.05, 0) is 51.0 Å². The summed E-state index contributed by atoms with van der Waals surface area (Å²) < 4.78 is 60.2. The molecule has 3 aliphatic rings. The van der Waals surface area contributed by atoms with Gasteiger partial charge in [-0.3, -0.25) is 24.1 Å². The van der Waals surface area contributed by atoms with E-state index in [9.17, 15) is 32.3 Å². The molecule has 0 bridgehead atoms. The van der Waals surface area contributed by atoms with E-state index in [-0.39, 0.29) is 35.7 Å². The number of carbonyl (C=O) groups is 4. The second-order valence-electron chi connectivity index (χ2n) is 12.6. The highest BCUT2D eigenvalue weighted by atomic mass is 19.4. The normalized spacial score (nSPS) is 20.1. The zero-order valence-corrected chi connectivity index (χ0v) is 25.3. The van der Waals surface area contributed by atoms with Gasteiger partial charge in [0.05, 0.1) is 16.8 Å². The van der Waals surface area contributed by atoms with Crippen LogP contribution in [0.25, 0.3) is 0 Å². The Labute approximate surface area is 263 Å². The van der Waals surface area contributed by atoms with E-state index >= 15 is 4.39 Å². The van der Waals surface area contributed by atoms with E-state index in [0.29, 0.717) is 18.4 Å². The number of nitrogens with two attached hydrogens (primary N) is 1. The van der Waals surface area contributed by atoms with Crippen molar-refractivity contribution < 1.29 is 41.5 Å². The summed E-state index contributed by atoms with van der Waals surface area (Å²) in [7, 11) is 0. The Morgan fingerprint density at radius 2 is 1.78 bits per heavy atom. The van der Waals surface area contributed by atoms with E-state index in [2.05, 4.69) is 10.3 Å². The smallest absolute Gasteiger partial charge is 0.389 e. The molecule has 5 rings (SSSR count). The van der Waals surface area contributed by atoms with Gasteiger partial charge in [-0.25, -0.2) is 9.38 Å². The quantitative estimate of drug-likeness (QED) is 0.234. The van der Waals surface area contributed by atoms with E-state index in [0.717, 1.165) is 23.8 Å². The van der Waals surface area contributed by atoms with E-state index in [1.165, 1.54) is 12.1 Å². The van der Waals surface area contributed by atoms with Crippen LogP contribution in [0, 0.1) is 29.0 Å². The van der Waals surface area contributed by atoms with Gasteiger partial charge in [0, 0.05) is 29.4 Å². The molecule has 3 N–H and O–H groups in total. The zero-order valence-electron chi connectivity index (χ0n) is 25.3. The summed E-state index contributed by atoms with van der Waals surface area (Å²) in [5.41, 5.74) is 5.56. The molecule has 13 heteroatoms. The lowest BCUT2D eigenvalue weighted by Gasteiger charge is -2.28. The number of anilines is 1. The molecule has 0 spiro atoms. The van der Waals surface area contributed by atoms with Gasteiger partial charge < -0.3 is 15.8 Å². The number of amides is 3. The van der Waals surface area contributed by atoms with Gasteiger partial charge in [0.1, 0.15) is 5.82 Å². The first-order chi connectivity index (χ1) is 21.8. The van der Waals surface area contributed by atoms with Gasteiger partial charge in [-0.15, -0.1) is 0 Å². The first-order valence-electron chi connectivity index (χ1n) is 15.3. The molecular weight excluding hydrogens is 608 g/mol. The number of alkyl halides is 3. The van der Waals surface area contributed by atoms with Crippen molar-refractivity contribution in [2.24, 2.45) is 33.9 Å². The molecule has 3 amide bonds. The van der Waals surface area contributed by atoms with Crippen molar-refractivity contribution in [1.82, 2.24) is 5.32 Å². The highest BCUT2D eigenvalue weighted by molar-refractivity contribution is 6.20. The number of fused-ring (bicyclic) bond motifs is 1. The fourth-order valence-corrected chi connectivity index (χ4v) is 5.70. The molecule has 3 atom stereocenters. The molecule has 2 saturated carbocycles. The number of esters is 1. The van der Waals surface area contributed by atoms with Gasteiger partial charge in [0.25, 0.3) is 5.91 Å². The second-order valence-corrected chi connectivity index (χ2v) is 12.6. The standard InChI is InChI=1S/C33H36F4N4O5/c1-32(15-16-32)31(45)46-18-41-26-22(9-5-11-24(26)34)25(20-7-3-2-4-8-20)39-28(30(41)44)40-29(43)21(10-6-14-33(35,36)37)23(27(38)42)17-19-12-13-19/h2-5,7-9,11,19,21,23,28H,6,10,12-18H2,1H3,(H2,38,42)(H,40,43). The van der Waals surface area contributed by atoms with Crippen molar-refractivity contribution in [2.75, 3.05) is 11.6 Å². The lowest BCUT2D eigenvalue weighted by molar-refractivity contribution is -0.150. The Morgan fingerprint density at radius 3 is 2.39 bits per heavy atom. The van der Waals surface area contributed by atoms with Gasteiger partial charge in [0.2, 0.25) is 18.0 Å². The maximum absolute atomic E-state index is 15.6. The van der Waals surface area contributed by atoms with Crippen LogP contribution < -0.4 is 16.0 Å². The maximum Gasteiger partial charge on any atom is 0.389 e. The largest absolute Gasteiger partial charge is 0.443 e. The number of carbonyl (C=O) groups excluding carboxylic acids is 4. The van der Waals surface area contributed by atoms with Crippen molar-refractivity contribution in [3.05, 3.63) is 65.5 Å². The first-order valence-corrected chi connectivity index (χ1v) is 15.3.